The Morgan fingerprint density at radius 2 is 1.94 bits per heavy atom. The zero-order valence-corrected chi connectivity index (χ0v) is 11.2. The first-order valence-corrected chi connectivity index (χ1v) is 6.84. The minimum absolute atomic E-state index is 0.0770. The van der Waals surface area contributed by atoms with Crippen LogP contribution in [0, 0.1) is 24.6 Å². The van der Waals surface area contributed by atoms with Crippen molar-refractivity contribution in [3.8, 4) is 0 Å². The van der Waals surface area contributed by atoms with E-state index in [2.05, 4.69) is 12.3 Å². The third kappa shape index (κ3) is 2.90. The summed E-state index contributed by atoms with van der Waals surface area (Å²) in [6.07, 6.45) is 4.84. The number of nitrogens with one attached hydrogen (secondary N) is 1. The molecule has 1 aromatic rings. The first-order valence-electron chi connectivity index (χ1n) is 6.84. The Morgan fingerprint density at radius 3 is 2.56 bits per heavy atom. The fourth-order valence-electron chi connectivity index (χ4n) is 3.05. The number of benzene rings is 1. The number of hydrazine groups is 1. The molecule has 100 valence electrons. The van der Waals surface area contributed by atoms with Crippen LogP contribution in [0.2, 0.25) is 0 Å². The SMILES string of the molecule is Cc1ccc(F)cc1C(NN)C1CCC(C)CC1. The first-order chi connectivity index (χ1) is 8.61. The Kier molecular flexibility index (Phi) is 4.36. The molecule has 1 aliphatic rings. The van der Waals surface area contributed by atoms with E-state index in [-0.39, 0.29) is 11.9 Å². The van der Waals surface area contributed by atoms with Crippen LogP contribution in [0.25, 0.3) is 0 Å². The Balaban J connectivity index is 2.19. The molecule has 0 spiro atoms. The number of aryl methyl sites for hydroxylation is 1. The van der Waals surface area contributed by atoms with Crippen molar-refractivity contribution in [3.63, 3.8) is 0 Å². The quantitative estimate of drug-likeness (QED) is 0.637. The Bertz CT molecular complexity index is 397. The molecule has 0 bridgehead atoms. The third-order valence-electron chi connectivity index (χ3n) is 4.29. The molecule has 2 rings (SSSR count). The smallest absolute Gasteiger partial charge is 0.123 e. The van der Waals surface area contributed by atoms with Gasteiger partial charge in [0.15, 0.2) is 0 Å². The van der Waals surface area contributed by atoms with Crippen LogP contribution in [-0.2, 0) is 0 Å². The molecule has 0 aliphatic heterocycles. The van der Waals surface area contributed by atoms with Gasteiger partial charge >= 0.3 is 0 Å². The highest BCUT2D eigenvalue weighted by atomic mass is 19.1. The maximum Gasteiger partial charge on any atom is 0.123 e. The normalized spacial score (nSPS) is 26.0. The molecule has 1 atom stereocenters. The second-order valence-electron chi connectivity index (χ2n) is 5.67. The summed E-state index contributed by atoms with van der Waals surface area (Å²) in [6, 6.07) is 5.04. The van der Waals surface area contributed by atoms with Crippen LogP contribution in [-0.4, -0.2) is 0 Å². The van der Waals surface area contributed by atoms with Gasteiger partial charge in [0.05, 0.1) is 0 Å². The summed E-state index contributed by atoms with van der Waals surface area (Å²) < 4.78 is 13.4. The van der Waals surface area contributed by atoms with Gasteiger partial charge in [-0.1, -0.05) is 25.8 Å². The van der Waals surface area contributed by atoms with Gasteiger partial charge in [-0.15, -0.1) is 0 Å². The Morgan fingerprint density at radius 1 is 1.28 bits per heavy atom. The number of halogens is 1. The lowest BCUT2D eigenvalue weighted by Crippen LogP contribution is -2.35. The molecule has 0 radical (unpaired) electrons. The molecule has 1 saturated carbocycles. The summed E-state index contributed by atoms with van der Waals surface area (Å²) in [5.41, 5.74) is 5.02. The number of hydrogen-bond acceptors (Lipinski definition) is 2. The molecule has 0 heterocycles. The summed E-state index contributed by atoms with van der Waals surface area (Å²) in [6.45, 7) is 4.32. The van der Waals surface area contributed by atoms with Gasteiger partial charge in [0.1, 0.15) is 5.82 Å². The van der Waals surface area contributed by atoms with Crippen molar-refractivity contribution in [3.05, 3.63) is 35.1 Å². The second kappa shape index (κ2) is 5.81. The highest BCUT2D eigenvalue weighted by Crippen LogP contribution is 2.37. The second-order valence-corrected chi connectivity index (χ2v) is 5.67. The van der Waals surface area contributed by atoms with E-state index < -0.39 is 0 Å². The maximum absolute atomic E-state index is 13.4. The zero-order chi connectivity index (χ0) is 13.1. The molecule has 18 heavy (non-hydrogen) atoms. The minimum atomic E-state index is -0.181. The van der Waals surface area contributed by atoms with E-state index in [4.69, 9.17) is 5.84 Å². The Labute approximate surface area is 109 Å². The van der Waals surface area contributed by atoms with E-state index in [9.17, 15) is 4.39 Å². The third-order valence-corrected chi connectivity index (χ3v) is 4.29. The summed E-state index contributed by atoms with van der Waals surface area (Å²) in [5.74, 6) is 6.87. The zero-order valence-electron chi connectivity index (χ0n) is 11.2. The van der Waals surface area contributed by atoms with Crippen LogP contribution in [0.15, 0.2) is 18.2 Å². The lowest BCUT2D eigenvalue weighted by atomic mass is 9.77. The molecular formula is C15H23FN2. The van der Waals surface area contributed by atoms with E-state index in [0.29, 0.717) is 5.92 Å². The lowest BCUT2D eigenvalue weighted by molar-refractivity contribution is 0.231. The number of rotatable bonds is 3. The van der Waals surface area contributed by atoms with Crippen LogP contribution < -0.4 is 11.3 Å². The molecule has 3 heteroatoms. The van der Waals surface area contributed by atoms with Crippen molar-refractivity contribution < 1.29 is 4.39 Å². The van der Waals surface area contributed by atoms with Crippen LogP contribution in [0.3, 0.4) is 0 Å². The average molecular weight is 250 g/mol. The van der Waals surface area contributed by atoms with Gasteiger partial charge in [-0.05, 0) is 54.9 Å². The molecule has 0 amide bonds. The molecular weight excluding hydrogens is 227 g/mol. The minimum Gasteiger partial charge on any atom is -0.271 e. The van der Waals surface area contributed by atoms with Crippen molar-refractivity contribution in [2.45, 2.75) is 45.6 Å². The molecule has 1 aliphatic carbocycles. The number of nitrogens with two attached hydrogens (primary N) is 1. The highest BCUT2D eigenvalue weighted by Gasteiger charge is 2.27. The van der Waals surface area contributed by atoms with Crippen LogP contribution in [0.5, 0.6) is 0 Å². The molecule has 0 saturated heterocycles. The predicted octanol–water partition coefficient (Wildman–Crippen LogP) is 3.46. The molecule has 2 nitrogen and oxygen atoms in total. The van der Waals surface area contributed by atoms with E-state index in [1.54, 1.807) is 6.07 Å². The van der Waals surface area contributed by atoms with Crippen molar-refractivity contribution in [1.29, 1.82) is 0 Å². The van der Waals surface area contributed by atoms with Crippen molar-refractivity contribution in [2.24, 2.45) is 17.7 Å². The highest BCUT2D eigenvalue weighted by molar-refractivity contribution is 5.30. The van der Waals surface area contributed by atoms with Crippen molar-refractivity contribution >= 4 is 0 Å². The van der Waals surface area contributed by atoms with E-state index >= 15 is 0 Å². The molecule has 1 unspecified atom stereocenters. The summed E-state index contributed by atoms with van der Waals surface area (Å²) in [5, 5.41) is 0. The van der Waals surface area contributed by atoms with Gasteiger partial charge in [0.25, 0.3) is 0 Å². The van der Waals surface area contributed by atoms with Crippen LogP contribution in [0.1, 0.15) is 49.8 Å². The van der Waals surface area contributed by atoms with Crippen molar-refractivity contribution in [1.82, 2.24) is 5.43 Å². The predicted molar refractivity (Wildman–Crippen MR) is 72.3 cm³/mol. The van der Waals surface area contributed by atoms with Gasteiger partial charge in [0, 0.05) is 6.04 Å². The summed E-state index contributed by atoms with van der Waals surface area (Å²) in [7, 11) is 0. The van der Waals surface area contributed by atoms with Crippen molar-refractivity contribution in [2.75, 3.05) is 0 Å². The molecule has 1 fully saturated rings. The molecule has 1 aromatic carbocycles. The Hall–Kier alpha value is -0.930. The summed E-state index contributed by atoms with van der Waals surface area (Å²) >= 11 is 0. The van der Waals surface area contributed by atoms with Gasteiger partial charge in [0.2, 0.25) is 0 Å². The fraction of sp³-hybridized carbons (Fsp3) is 0.600. The average Bonchev–Trinajstić information content (AvgIpc) is 2.37. The van der Waals surface area contributed by atoms with E-state index in [1.165, 1.54) is 31.7 Å². The van der Waals surface area contributed by atoms with E-state index in [1.807, 2.05) is 13.0 Å². The van der Waals surface area contributed by atoms with Gasteiger partial charge in [-0.25, -0.2) is 4.39 Å². The first kappa shape index (κ1) is 13.5. The fourth-order valence-corrected chi connectivity index (χ4v) is 3.05. The monoisotopic (exact) mass is 250 g/mol. The summed E-state index contributed by atoms with van der Waals surface area (Å²) in [4.78, 5) is 0. The van der Waals surface area contributed by atoms with E-state index in [0.717, 1.165) is 17.0 Å². The van der Waals surface area contributed by atoms with Gasteiger partial charge in [-0.3, -0.25) is 11.3 Å². The maximum atomic E-state index is 13.4. The van der Waals surface area contributed by atoms with Gasteiger partial charge < -0.3 is 0 Å². The van der Waals surface area contributed by atoms with Crippen LogP contribution >= 0.6 is 0 Å². The molecule has 0 aromatic heterocycles. The lowest BCUT2D eigenvalue weighted by Gasteiger charge is -2.33. The topological polar surface area (TPSA) is 38.0 Å². The standard InChI is InChI=1S/C15H23FN2/c1-10-3-6-12(7-4-10)15(18-17)14-9-13(16)8-5-11(14)2/h5,8-10,12,15,18H,3-4,6-7,17H2,1-2H3. The van der Waals surface area contributed by atoms with Crippen LogP contribution in [0.4, 0.5) is 4.39 Å². The van der Waals surface area contributed by atoms with Gasteiger partial charge in [-0.2, -0.15) is 0 Å². The molecule has 3 N–H and O–H groups in total. The number of hydrogen-bond donors (Lipinski definition) is 2. The largest absolute Gasteiger partial charge is 0.271 e.